The Labute approximate surface area is 127 Å². The van der Waals surface area contributed by atoms with E-state index in [1.54, 1.807) is 0 Å². The van der Waals surface area contributed by atoms with E-state index in [0.717, 1.165) is 5.25 Å². The van der Waals surface area contributed by atoms with Crippen LogP contribution >= 0.6 is 11.8 Å². The first kappa shape index (κ1) is 14.3. The SMILES string of the molecule is CC1(C)CCCC1Nc1ccc(SC2CCCC2)cc1. The van der Waals surface area contributed by atoms with Crippen LogP contribution in [-0.2, 0) is 0 Å². The molecule has 2 fully saturated rings. The van der Waals surface area contributed by atoms with Gasteiger partial charge < -0.3 is 5.32 Å². The summed E-state index contributed by atoms with van der Waals surface area (Å²) in [7, 11) is 0. The highest BCUT2D eigenvalue weighted by Gasteiger charge is 2.34. The summed E-state index contributed by atoms with van der Waals surface area (Å²) in [6.45, 7) is 4.78. The lowest BCUT2D eigenvalue weighted by atomic mass is 9.87. The zero-order valence-electron chi connectivity index (χ0n) is 12.8. The van der Waals surface area contributed by atoms with Crippen LogP contribution in [0.15, 0.2) is 29.2 Å². The summed E-state index contributed by atoms with van der Waals surface area (Å²) in [5.41, 5.74) is 1.73. The number of nitrogens with one attached hydrogen (secondary N) is 1. The van der Waals surface area contributed by atoms with Crippen molar-refractivity contribution >= 4 is 17.4 Å². The van der Waals surface area contributed by atoms with E-state index in [-0.39, 0.29) is 0 Å². The monoisotopic (exact) mass is 289 g/mol. The molecule has 110 valence electrons. The molecule has 1 unspecified atom stereocenters. The van der Waals surface area contributed by atoms with Crippen LogP contribution in [0.5, 0.6) is 0 Å². The number of benzene rings is 1. The van der Waals surface area contributed by atoms with Crippen LogP contribution in [0.3, 0.4) is 0 Å². The Morgan fingerprint density at radius 2 is 1.70 bits per heavy atom. The molecule has 0 heterocycles. The van der Waals surface area contributed by atoms with Crippen molar-refractivity contribution in [2.75, 3.05) is 5.32 Å². The van der Waals surface area contributed by atoms with Gasteiger partial charge >= 0.3 is 0 Å². The average molecular weight is 289 g/mol. The fourth-order valence-corrected chi connectivity index (χ4v) is 4.87. The largest absolute Gasteiger partial charge is 0.382 e. The second kappa shape index (κ2) is 6.01. The molecule has 0 spiro atoms. The van der Waals surface area contributed by atoms with Crippen LogP contribution in [0, 0.1) is 5.41 Å². The normalized spacial score (nSPS) is 26.0. The molecule has 1 N–H and O–H groups in total. The Kier molecular flexibility index (Phi) is 4.30. The summed E-state index contributed by atoms with van der Waals surface area (Å²) in [6, 6.07) is 9.77. The number of hydrogen-bond donors (Lipinski definition) is 1. The van der Waals surface area contributed by atoms with Crippen LogP contribution in [-0.4, -0.2) is 11.3 Å². The van der Waals surface area contributed by atoms with Gasteiger partial charge in [0, 0.05) is 21.9 Å². The van der Waals surface area contributed by atoms with Crippen LogP contribution < -0.4 is 5.32 Å². The number of anilines is 1. The molecule has 2 aliphatic rings. The minimum atomic E-state index is 0.442. The molecule has 2 aliphatic carbocycles. The predicted molar refractivity (Wildman–Crippen MR) is 89.6 cm³/mol. The summed E-state index contributed by atoms with van der Waals surface area (Å²) in [5, 5.41) is 4.61. The van der Waals surface area contributed by atoms with Crippen molar-refractivity contribution < 1.29 is 0 Å². The van der Waals surface area contributed by atoms with Gasteiger partial charge in [-0.1, -0.05) is 33.1 Å². The van der Waals surface area contributed by atoms with E-state index >= 15 is 0 Å². The molecule has 20 heavy (non-hydrogen) atoms. The van der Waals surface area contributed by atoms with Gasteiger partial charge in [-0.25, -0.2) is 0 Å². The fourth-order valence-electron chi connectivity index (χ4n) is 3.62. The molecule has 0 amide bonds. The zero-order chi connectivity index (χ0) is 14.0. The summed E-state index contributed by atoms with van der Waals surface area (Å²) in [6.07, 6.45) is 9.68. The average Bonchev–Trinajstić information content (AvgIpc) is 3.03. The third kappa shape index (κ3) is 3.33. The van der Waals surface area contributed by atoms with E-state index in [1.165, 1.54) is 55.5 Å². The lowest BCUT2D eigenvalue weighted by molar-refractivity contribution is 0.350. The molecule has 2 heteroatoms. The Bertz CT molecular complexity index is 431. The zero-order valence-corrected chi connectivity index (χ0v) is 13.6. The minimum Gasteiger partial charge on any atom is -0.382 e. The Hall–Kier alpha value is -0.630. The van der Waals surface area contributed by atoms with Gasteiger partial charge in [0.2, 0.25) is 0 Å². The van der Waals surface area contributed by atoms with Gasteiger partial charge in [0.05, 0.1) is 0 Å². The van der Waals surface area contributed by atoms with E-state index in [4.69, 9.17) is 0 Å². The molecule has 2 saturated carbocycles. The molecule has 0 radical (unpaired) electrons. The predicted octanol–water partition coefficient (Wildman–Crippen LogP) is 5.71. The topological polar surface area (TPSA) is 12.0 Å². The van der Waals surface area contributed by atoms with Crippen molar-refractivity contribution in [1.29, 1.82) is 0 Å². The fraction of sp³-hybridized carbons (Fsp3) is 0.667. The quantitative estimate of drug-likeness (QED) is 0.761. The van der Waals surface area contributed by atoms with Crippen LogP contribution in [0.25, 0.3) is 0 Å². The van der Waals surface area contributed by atoms with Gasteiger partial charge in [0.1, 0.15) is 0 Å². The Morgan fingerprint density at radius 1 is 1.00 bits per heavy atom. The Morgan fingerprint density at radius 3 is 2.30 bits per heavy atom. The standard InChI is InChI=1S/C18H27NS/c1-18(2)13-5-8-17(18)19-14-9-11-16(12-10-14)20-15-6-3-4-7-15/h9-12,15,17,19H,3-8,13H2,1-2H3. The van der Waals surface area contributed by atoms with Crippen molar-refractivity contribution in [3.05, 3.63) is 24.3 Å². The van der Waals surface area contributed by atoms with E-state index in [1.807, 2.05) is 0 Å². The summed E-state index contributed by atoms with van der Waals surface area (Å²) < 4.78 is 0. The van der Waals surface area contributed by atoms with Gasteiger partial charge in [0.15, 0.2) is 0 Å². The van der Waals surface area contributed by atoms with Gasteiger partial charge in [-0.3, -0.25) is 0 Å². The van der Waals surface area contributed by atoms with Gasteiger partial charge in [-0.05, 0) is 55.4 Å². The smallest absolute Gasteiger partial charge is 0.0343 e. The lowest BCUT2D eigenvalue weighted by Gasteiger charge is -2.28. The van der Waals surface area contributed by atoms with Gasteiger partial charge in [0.25, 0.3) is 0 Å². The summed E-state index contributed by atoms with van der Waals surface area (Å²) in [4.78, 5) is 1.44. The third-order valence-electron chi connectivity index (χ3n) is 5.06. The van der Waals surface area contributed by atoms with E-state index in [2.05, 4.69) is 55.2 Å². The highest BCUT2D eigenvalue weighted by Crippen LogP contribution is 2.39. The maximum Gasteiger partial charge on any atom is 0.0343 e. The molecule has 0 aromatic heterocycles. The van der Waals surface area contributed by atoms with Crippen molar-refractivity contribution in [2.24, 2.45) is 5.41 Å². The Balaban J connectivity index is 1.58. The molecule has 3 rings (SSSR count). The second-order valence-corrected chi connectivity index (χ2v) is 8.50. The molecule has 0 bridgehead atoms. The molecule has 1 aromatic carbocycles. The molecule has 0 saturated heterocycles. The first-order valence-corrected chi connectivity index (χ1v) is 9.05. The molecule has 0 aliphatic heterocycles. The van der Waals surface area contributed by atoms with Gasteiger partial charge in [-0.2, -0.15) is 0 Å². The van der Waals surface area contributed by atoms with Crippen LogP contribution in [0.1, 0.15) is 58.8 Å². The lowest BCUT2D eigenvalue weighted by Crippen LogP contribution is -2.30. The molecular weight excluding hydrogens is 262 g/mol. The van der Waals surface area contributed by atoms with Crippen molar-refractivity contribution in [2.45, 2.75) is 75.0 Å². The number of thioether (sulfide) groups is 1. The highest BCUT2D eigenvalue weighted by atomic mass is 32.2. The van der Waals surface area contributed by atoms with Crippen LogP contribution in [0.4, 0.5) is 5.69 Å². The van der Waals surface area contributed by atoms with Crippen LogP contribution in [0.2, 0.25) is 0 Å². The molecule has 1 atom stereocenters. The molecule has 1 nitrogen and oxygen atoms in total. The second-order valence-electron chi connectivity index (χ2n) is 7.13. The third-order valence-corrected chi connectivity index (χ3v) is 6.41. The minimum absolute atomic E-state index is 0.442. The van der Waals surface area contributed by atoms with Crippen molar-refractivity contribution in [3.8, 4) is 0 Å². The molecule has 1 aromatic rings. The number of rotatable bonds is 4. The first-order chi connectivity index (χ1) is 9.63. The highest BCUT2D eigenvalue weighted by molar-refractivity contribution is 8.00. The summed E-state index contributed by atoms with van der Waals surface area (Å²) in [5.74, 6) is 0. The maximum absolute atomic E-state index is 3.74. The maximum atomic E-state index is 3.74. The first-order valence-electron chi connectivity index (χ1n) is 8.17. The molecular formula is C18H27NS. The number of hydrogen-bond acceptors (Lipinski definition) is 2. The van der Waals surface area contributed by atoms with E-state index < -0.39 is 0 Å². The van der Waals surface area contributed by atoms with Crippen molar-refractivity contribution in [3.63, 3.8) is 0 Å². The van der Waals surface area contributed by atoms with E-state index in [9.17, 15) is 0 Å². The summed E-state index contributed by atoms with van der Waals surface area (Å²) >= 11 is 2.07. The van der Waals surface area contributed by atoms with Crippen molar-refractivity contribution in [1.82, 2.24) is 0 Å². The van der Waals surface area contributed by atoms with Gasteiger partial charge in [-0.15, -0.1) is 11.8 Å². The van der Waals surface area contributed by atoms with E-state index in [0.29, 0.717) is 11.5 Å².